The van der Waals surface area contributed by atoms with Crippen molar-refractivity contribution in [2.24, 2.45) is 17.4 Å². The molecule has 0 radical (unpaired) electrons. The molecule has 2 unspecified atom stereocenters. The molecule has 0 aromatic rings. The molecular weight excluding hydrogens is 358 g/mol. The van der Waals surface area contributed by atoms with Gasteiger partial charge in [-0.05, 0) is 39.5 Å². The molecule has 9 N–H and O–H groups in total. The zero-order chi connectivity index (χ0) is 20.2. The third-order valence-corrected chi connectivity index (χ3v) is 3.43. The minimum absolute atomic E-state index is 0. The number of ether oxygens (including phenoxy) is 3. The molecule has 2 rings (SSSR count). The molecule has 10 heteroatoms. The van der Waals surface area contributed by atoms with Crippen LogP contribution >= 0.6 is 0 Å². The lowest BCUT2D eigenvalue weighted by atomic mass is 10.1. The lowest BCUT2D eigenvalue weighted by Gasteiger charge is -2.07. The van der Waals surface area contributed by atoms with E-state index in [4.69, 9.17) is 25.1 Å². The second-order valence-corrected chi connectivity index (χ2v) is 5.54. The van der Waals surface area contributed by atoms with Crippen LogP contribution in [0.2, 0.25) is 0 Å². The van der Waals surface area contributed by atoms with Gasteiger partial charge in [0.25, 0.3) is 0 Å². The molecule has 2 aliphatic heterocycles. The number of Topliss-reactive ketones (excluding diaryl/α,β-unsaturated/α-hetero) is 1. The third kappa shape index (κ3) is 19.4. The first kappa shape index (κ1) is 30.6. The van der Waals surface area contributed by atoms with Gasteiger partial charge in [-0.2, -0.15) is 0 Å². The van der Waals surface area contributed by atoms with Crippen LogP contribution < -0.4 is 17.4 Å². The van der Waals surface area contributed by atoms with Crippen LogP contribution in [0.15, 0.2) is 0 Å². The molecule has 2 heterocycles. The lowest BCUT2D eigenvalue weighted by molar-refractivity contribution is -0.145. The van der Waals surface area contributed by atoms with Crippen molar-refractivity contribution in [1.82, 2.24) is 0 Å². The van der Waals surface area contributed by atoms with Crippen LogP contribution in [0, 0.1) is 0 Å². The van der Waals surface area contributed by atoms with E-state index in [9.17, 15) is 9.59 Å². The van der Waals surface area contributed by atoms with Gasteiger partial charge in [-0.3, -0.25) is 21.3 Å². The van der Waals surface area contributed by atoms with Crippen LogP contribution in [0.3, 0.4) is 0 Å². The molecule has 164 valence electrons. The highest BCUT2D eigenvalue weighted by molar-refractivity contribution is 5.80. The Morgan fingerprint density at radius 1 is 1.04 bits per heavy atom. The summed E-state index contributed by atoms with van der Waals surface area (Å²) < 4.78 is 15.3. The molecule has 27 heavy (non-hydrogen) atoms. The van der Waals surface area contributed by atoms with E-state index in [1.165, 1.54) is 0 Å². The van der Waals surface area contributed by atoms with Gasteiger partial charge >= 0.3 is 5.97 Å². The Morgan fingerprint density at radius 2 is 1.48 bits per heavy atom. The molecule has 2 fully saturated rings. The minimum Gasteiger partial charge on any atom is -0.466 e. The standard InChI is InChI=1S/C8H14O3.C7H13NO2.C2H6O.H4N2.H2O/c1-2-10-8(9)6-7-4-3-5-11-7;8-5-6(9)4-7-2-1-3-10-7;1-2-3;1-2;/h7H,2-6H2,1H3;7H,1-5,8H2;3H,2H2,1H3;1-2H2;1H2. The van der Waals surface area contributed by atoms with Gasteiger partial charge in [0, 0.05) is 26.2 Å². The van der Waals surface area contributed by atoms with Crippen LogP contribution in [0.4, 0.5) is 0 Å². The van der Waals surface area contributed by atoms with Gasteiger partial charge in [0.2, 0.25) is 0 Å². The zero-order valence-electron chi connectivity index (χ0n) is 16.7. The fourth-order valence-electron chi connectivity index (χ4n) is 2.35. The fraction of sp³-hybridized carbons (Fsp3) is 0.882. The summed E-state index contributed by atoms with van der Waals surface area (Å²) in [6, 6.07) is 0. The maximum Gasteiger partial charge on any atom is 0.308 e. The second-order valence-electron chi connectivity index (χ2n) is 5.54. The molecule has 2 aliphatic rings. The quantitative estimate of drug-likeness (QED) is 0.252. The summed E-state index contributed by atoms with van der Waals surface area (Å²) in [6.07, 6.45) is 5.40. The summed E-state index contributed by atoms with van der Waals surface area (Å²) in [6.45, 7) is 5.96. The zero-order valence-corrected chi connectivity index (χ0v) is 16.7. The predicted molar refractivity (Wildman–Crippen MR) is 103 cm³/mol. The van der Waals surface area contributed by atoms with Crippen molar-refractivity contribution in [3.8, 4) is 0 Å². The Balaban J connectivity index is -0.000000336. The van der Waals surface area contributed by atoms with E-state index in [0.717, 1.165) is 38.9 Å². The van der Waals surface area contributed by atoms with E-state index < -0.39 is 0 Å². The normalized spacial score (nSPS) is 19.8. The third-order valence-electron chi connectivity index (χ3n) is 3.43. The van der Waals surface area contributed by atoms with Crippen LogP contribution in [-0.4, -0.2) is 67.5 Å². The number of rotatable bonds is 6. The number of ketones is 1. The summed E-state index contributed by atoms with van der Waals surface area (Å²) >= 11 is 0. The summed E-state index contributed by atoms with van der Waals surface area (Å²) in [5.74, 6) is 7.96. The number of hydrazine groups is 1. The van der Waals surface area contributed by atoms with Gasteiger partial charge < -0.3 is 30.5 Å². The van der Waals surface area contributed by atoms with Crippen LogP contribution in [-0.2, 0) is 23.8 Å². The highest BCUT2D eigenvalue weighted by Gasteiger charge is 2.19. The number of hydrogen-bond acceptors (Lipinski definition) is 9. The number of carbonyl (C=O) groups excluding carboxylic acids is 2. The van der Waals surface area contributed by atoms with Gasteiger partial charge in [-0.1, -0.05) is 0 Å². The number of nitrogens with two attached hydrogens (primary N) is 3. The van der Waals surface area contributed by atoms with Crippen LogP contribution in [0.5, 0.6) is 0 Å². The Labute approximate surface area is 162 Å². The van der Waals surface area contributed by atoms with E-state index in [2.05, 4.69) is 11.7 Å². The first-order valence-corrected chi connectivity index (χ1v) is 9.12. The van der Waals surface area contributed by atoms with Gasteiger partial charge in [0.15, 0.2) is 0 Å². The summed E-state index contributed by atoms with van der Waals surface area (Å²) in [5, 5.41) is 7.57. The monoisotopic (exact) mass is 397 g/mol. The van der Waals surface area contributed by atoms with E-state index in [-0.39, 0.29) is 42.6 Å². The molecule has 2 saturated heterocycles. The van der Waals surface area contributed by atoms with E-state index in [0.29, 0.717) is 19.4 Å². The van der Waals surface area contributed by atoms with E-state index in [1.807, 2.05) is 6.92 Å². The van der Waals surface area contributed by atoms with Crippen molar-refractivity contribution in [1.29, 1.82) is 0 Å². The average molecular weight is 398 g/mol. The Bertz CT molecular complexity index is 334. The number of hydrogen-bond donors (Lipinski definition) is 4. The molecule has 0 aromatic carbocycles. The van der Waals surface area contributed by atoms with Crippen molar-refractivity contribution in [3.63, 3.8) is 0 Å². The van der Waals surface area contributed by atoms with Crippen molar-refractivity contribution >= 4 is 11.8 Å². The van der Waals surface area contributed by atoms with Gasteiger partial charge in [0.1, 0.15) is 5.78 Å². The summed E-state index contributed by atoms with van der Waals surface area (Å²) in [7, 11) is 0. The molecule has 0 aromatic heterocycles. The average Bonchev–Trinajstić information content (AvgIpc) is 3.32. The number of esters is 1. The van der Waals surface area contributed by atoms with E-state index >= 15 is 0 Å². The predicted octanol–water partition coefficient (Wildman–Crippen LogP) is -0.805. The van der Waals surface area contributed by atoms with Crippen molar-refractivity contribution < 1.29 is 34.4 Å². The molecule has 0 saturated carbocycles. The highest BCUT2D eigenvalue weighted by atomic mass is 16.5. The molecule has 2 atom stereocenters. The smallest absolute Gasteiger partial charge is 0.308 e. The Hall–Kier alpha value is -1.14. The van der Waals surface area contributed by atoms with Gasteiger partial charge in [0.05, 0.1) is 31.8 Å². The van der Waals surface area contributed by atoms with Crippen LogP contribution in [0.25, 0.3) is 0 Å². The fourth-order valence-corrected chi connectivity index (χ4v) is 2.35. The molecule has 0 bridgehead atoms. The van der Waals surface area contributed by atoms with Gasteiger partial charge in [-0.15, -0.1) is 0 Å². The van der Waals surface area contributed by atoms with E-state index in [1.54, 1.807) is 6.92 Å². The van der Waals surface area contributed by atoms with Crippen molar-refractivity contribution in [2.45, 2.75) is 64.6 Å². The molecular formula is C17H39N3O7. The Kier molecular flexibility index (Phi) is 25.9. The summed E-state index contributed by atoms with van der Waals surface area (Å²) in [4.78, 5) is 21.7. The maximum atomic E-state index is 10.9. The topological polar surface area (TPSA) is 192 Å². The second kappa shape index (κ2) is 22.9. The van der Waals surface area contributed by atoms with Crippen LogP contribution in [0.1, 0.15) is 52.4 Å². The molecule has 0 spiro atoms. The molecule has 0 amide bonds. The number of aliphatic hydroxyl groups excluding tert-OH is 1. The molecule has 0 aliphatic carbocycles. The van der Waals surface area contributed by atoms with Crippen molar-refractivity contribution in [3.05, 3.63) is 0 Å². The summed E-state index contributed by atoms with van der Waals surface area (Å²) in [5.41, 5.74) is 5.15. The number of aliphatic hydroxyl groups is 1. The minimum atomic E-state index is -0.139. The first-order valence-electron chi connectivity index (χ1n) is 9.12. The molecule has 10 nitrogen and oxygen atoms in total. The Morgan fingerprint density at radius 3 is 1.81 bits per heavy atom. The first-order chi connectivity index (χ1) is 12.6. The maximum absolute atomic E-state index is 10.9. The number of carbonyl (C=O) groups is 2. The van der Waals surface area contributed by atoms with Gasteiger partial charge in [-0.25, -0.2) is 0 Å². The SMILES string of the molecule is CCO.CCOC(=O)CC1CCCO1.NCC(=O)CC1CCCO1.NN.O. The highest BCUT2D eigenvalue weighted by Crippen LogP contribution is 2.15. The lowest BCUT2D eigenvalue weighted by Crippen LogP contribution is -2.19. The van der Waals surface area contributed by atoms with Crippen molar-refractivity contribution in [2.75, 3.05) is 33.0 Å². The largest absolute Gasteiger partial charge is 0.466 e.